The Bertz CT molecular complexity index is 1080. The summed E-state index contributed by atoms with van der Waals surface area (Å²) in [6.45, 7) is 1.97. The molecular weight excluding hydrogens is 390 g/mol. The molecule has 0 spiro atoms. The molecule has 0 fully saturated rings. The Balaban J connectivity index is 1.48. The molecule has 1 aliphatic heterocycles. The molecule has 4 rings (SSSR count). The molecule has 148 valence electrons. The number of nitrogens with zero attached hydrogens (tertiary/aromatic N) is 1. The van der Waals surface area contributed by atoms with E-state index in [-0.39, 0.29) is 24.8 Å². The molecule has 2 N–H and O–H groups in total. The van der Waals surface area contributed by atoms with Gasteiger partial charge in [0.05, 0.1) is 24.9 Å². The molecule has 29 heavy (non-hydrogen) atoms. The van der Waals surface area contributed by atoms with Crippen LogP contribution in [0.1, 0.15) is 10.4 Å². The standard InChI is InChI=1S/C21H19N3O4S/c1-12-20(14-5-8-17-16(10-14)22-19(26)11-28-17)24-21(29-12)23-18(25)9-13-3-6-15(27-2)7-4-13/h3-8,10H,9,11H2,1-2H3,(H,22,26)(H,23,24,25). The smallest absolute Gasteiger partial charge is 0.262 e. The van der Waals surface area contributed by atoms with E-state index in [0.717, 1.165) is 27.4 Å². The number of aromatic nitrogens is 1. The molecule has 7 nitrogen and oxygen atoms in total. The molecule has 0 saturated carbocycles. The van der Waals surface area contributed by atoms with Crippen molar-refractivity contribution in [1.82, 2.24) is 4.98 Å². The summed E-state index contributed by atoms with van der Waals surface area (Å²) in [5.74, 6) is 1.06. The lowest BCUT2D eigenvalue weighted by Crippen LogP contribution is -2.25. The molecule has 2 amide bonds. The lowest BCUT2D eigenvalue weighted by Gasteiger charge is -2.18. The van der Waals surface area contributed by atoms with E-state index < -0.39 is 0 Å². The number of thiazole rings is 1. The zero-order chi connectivity index (χ0) is 20.4. The van der Waals surface area contributed by atoms with E-state index in [1.807, 2.05) is 49.4 Å². The number of rotatable bonds is 5. The molecule has 0 unspecified atom stereocenters. The summed E-state index contributed by atoms with van der Waals surface area (Å²) in [6, 6.07) is 12.9. The number of anilines is 2. The van der Waals surface area contributed by atoms with E-state index in [1.165, 1.54) is 11.3 Å². The fourth-order valence-corrected chi connectivity index (χ4v) is 3.89. The van der Waals surface area contributed by atoms with E-state index >= 15 is 0 Å². The topological polar surface area (TPSA) is 89.5 Å². The lowest BCUT2D eigenvalue weighted by molar-refractivity contribution is -0.118. The van der Waals surface area contributed by atoms with E-state index in [2.05, 4.69) is 15.6 Å². The van der Waals surface area contributed by atoms with Crippen molar-refractivity contribution >= 4 is 34.0 Å². The SMILES string of the molecule is COc1ccc(CC(=O)Nc2nc(-c3ccc4c(c3)NC(=O)CO4)c(C)s2)cc1. The number of benzene rings is 2. The quantitative estimate of drug-likeness (QED) is 0.672. The van der Waals surface area contributed by atoms with Crippen LogP contribution in [0.4, 0.5) is 10.8 Å². The summed E-state index contributed by atoms with van der Waals surface area (Å²) in [4.78, 5) is 29.5. The number of hydrogen-bond donors (Lipinski definition) is 2. The second-order valence-electron chi connectivity index (χ2n) is 6.54. The monoisotopic (exact) mass is 409 g/mol. The number of hydrogen-bond acceptors (Lipinski definition) is 6. The first-order valence-electron chi connectivity index (χ1n) is 8.99. The Hall–Kier alpha value is -3.39. The van der Waals surface area contributed by atoms with Gasteiger partial charge < -0.3 is 20.1 Å². The Morgan fingerprint density at radius 3 is 2.83 bits per heavy atom. The van der Waals surface area contributed by atoms with E-state index in [1.54, 1.807) is 7.11 Å². The van der Waals surface area contributed by atoms with Crippen molar-refractivity contribution < 1.29 is 19.1 Å². The van der Waals surface area contributed by atoms with Crippen LogP contribution < -0.4 is 20.1 Å². The summed E-state index contributed by atoms with van der Waals surface area (Å²) >= 11 is 1.41. The van der Waals surface area contributed by atoms with Gasteiger partial charge in [0.1, 0.15) is 11.5 Å². The van der Waals surface area contributed by atoms with Crippen LogP contribution >= 0.6 is 11.3 Å². The summed E-state index contributed by atoms with van der Waals surface area (Å²) in [6.07, 6.45) is 0.250. The second-order valence-corrected chi connectivity index (χ2v) is 7.75. The Morgan fingerprint density at radius 2 is 2.07 bits per heavy atom. The second kappa shape index (κ2) is 7.92. The first-order chi connectivity index (χ1) is 14.0. The minimum Gasteiger partial charge on any atom is -0.497 e. The van der Waals surface area contributed by atoms with E-state index in [4.69, 9.17) is 9.47 Å². The zero-order valence-electron chi connectivity index (χ0n) is 15.9. The van der Waals surface area contributed by atoms with Crippen molar-refractivity contribution in [1.29, 1.82) is 0 Å². The third-order valence-corrected chi connectivity index (χ3v) is 5.34. The van der Waals surface area contributed by atoms with Crippen molar-refractivity contribution in [3.63, 3.8) is 0 Å². The van der Waals surface area contributed by atoms with Crippen LogP contribution in [0.2, 0.25) is 0 Å². The predicted molar refractivity (Wildman–Crippen MR) is 112 cm³/mol. The van der Waals surface area contributed by atoms with Crippen molar-refractivity contribution in [2.45, 2.75) is 13.3 Å². The molecular formula is C21H19N3O4S. The summed E-state index contributed by atoms with van der Waals surface area (Å²) in [7, 11) is 1.60. The van der Waals surface area contributed by atoms with Gasteiger partial charge in [-0.1, -0.05) is 12.1 Å². The minimum atomic E-state index is -0.184. The van der Waals surface area contributed by atoms with Gasteiger partial charge in [0.2, 0.25) is 5.91 Å². The van der Waals surface area contributed by atoms with Crippen LogP contribution in [0.3, 0.4) is 0 Å². The number of carbonyl (C=O) groups excluding carboxylic acids is 2. The maximum absolute atomic E-state index is 12.4. The van der Waals surface area contributed by atoms with Gasteiger partial charge >= 0.3 is 0 Å². The molecule has 3 aromatic rings. The summed E-state index contributed by atoms with van der Waals surface area (Å²) in [5.41, 5.74) is 3.12. The number of nitrogens with one attached hydrogen (secondary N) is 2. The Morgan fingerprint density at radius 1 is 1.28 bits per heavy atom. The molecule has 8 heteroatoms. The molecule has 0 bridgehead atoms. The van der Waals surface area contributed by atoms with Crippen LogP contribution in [-0.2, 0) is 16.0 Å². The van der Waals surface area contributed by atoms with Gasteiger partial charge in [0.25, 0.3) is 5.91 Å². The van der Waals surface area contributed by atoms with Crippen molar-refractivity contribution in [2.24, 2.45) is 0 Å². The fraction of sp³-hybridized carbons (Fsp3) is 0.190. The highest BCUT2D eigenvalue weighted by Gasteiger charge is 2.18. The van der Waals surface area contributed by atoms with Crippen LogP contribution in [0, 0.1) is 6.92 Å². The van der Waals surface area contributed by atoms with Crippen molar-refractivity contribution in [3.8, 4) is 22.8 Å². The van der Waals surface area contributed by atoms with Gasteiger partial charge in [0.15, 0.2) is 11.7 Å². The van der Waals surface area contributed by atoms with Gasteiger partial charge in [0, 0.05) is 10.4 Å². The third kappa shape index (κ3) is 4.22. The number of amides is 2. The van der Waals surface area contributed by atoms with Crippen molar-refractivity contribution in [3.05, 3.63) is 52.9 Å². The highest BCUT2D eigenvalue weighted by atomic mass is 32.1. The summed E-state index contributed by atoms with van der Waals surface area (Å²) < 4.78 is 10.5. The third-order valence-electron chi connectivity index (χ3n) is 4.45. The maximum atomic E-state index is 12.4. The molecule has 1 aliphatic rings. The molecule has 0 saturated heterocycles. The van der Waals surface area contributed by atoms with E-state index in [0.29, 0.717) is 16.6 Å². The van der Waals surface area contributed by atoms with Crippen LogP contribution in [-0.4, -0.2) is 30.5 Å². The van der Waals surface area contributed by atoms with Gasteiger partial charge in [-0.25, -0.2) is 4.98 Å². The number of carbonyl (C=O) groups is 2. The number of aryl methyl sites for hydroxylation is 1. The molecule has 0 radical (unpaired) electrons. The first-order valence-corrected chi connectivity index (χ1v) is 9.81. The number of fused-ring (bicyclic) bond motifs is 1. The molecule has 2 aromatic carbocycles. The van der Waals surface area contributed by atoms with Gasteiger partial charge in [-0.3, -0.25) is 9.59 Å². The number of methoxy groups -OCH3 is 1. The van der Waals surface area contributed by atoms with Crippen molar-refractivity contribution in [2.75, 3.05) is 24.4 Å². The molecule has 0 aliphatic carbocycles. The first kappa shape index (κ1) is 18.9. The molecule has 1 aromatic heterocycles. The van der Waals surface area contributed by atoms with Crippen LogP contribution in [0.15, 0.2) is 42.5 Å². The Kier molecular flexibility index (Phi) is 5.18. The maximum Gasteiger partial charge on any atom is 0.262 e. The van der Waals surface area contributed by atoms with E-state index in [9.17, 15) is 9.59 Å². The predicted octanol–water partition coefficient (Wildman–Crippen LogP) is 3.64. The largest absolute Gasteiger partial charge is 0.497 e. The average Bonchev–Trinajstić information content (AvgIpc) is 3.07. The van der Waals surface area contributed by atoms with Crippen LogP contribution in [0.5, 0.6) is 11.5 Å². The minimum absolute atomic E-state index is 0.0203. The average molecular weight is 409 g/mol. The normalized spacial score (nSPS) is 12.6. The zero-order valence-corrected chi connectivity index (χ0v) is 16.8. The summed E-state index contributed by atoms with van der Waals surface area (Å²) in [5, 5.41) is 6.20. The van der Waals surface area contributed by atoms with Gasteiger partial charge in [-0.2, -0.15) is 0 Å². The molecule has 0 atom stereocenters. The van der Waals surface area contributed by atoms with Crippen LogP contribution in [0.25, 0.3) is 11.3 Å². The number of ether oxygens (including phenoxy) is 2. The lowest BCUT2D eigenvalue weighted by atomic mass is 10.1. The molecule has 2 heterocycles. The Labute approximate surface area is 171 Å². The van der Waals surface area contributed by atoms with Gasteiger partial charge in [-0.05, 0) is 42.8 Å². The van der Waals surface area contributed by atoms with Gasteiger partial charge in [-0.15, -0.1) is 11.3 Å². The highest BCUT2D eigenvalue weighted by Crippen LogP contribution is 2.36. The highest BCUT2D eigenvalue weighted by molar-refractivity contribution is 7.16. The fourth-order valence-electron chi connectivity index (χ4n) is 3.04.